The average Bonchev–Trinajstić information content (AvgIpc) is 3.21. The largest absolute Gasteiger partial charge is 0.420 e. The molecule has 0 spiro atoms. The van der Waals surface area contributed by atoms with Crippen molar-refractivity contribution in [1.82, 2.24) is 15.1 Å². The zero-order valence-corrected chi connectivity index (χ0v) is 14.0. The smallest absolute Gasteiger partial charge is 0.250 e. The number of rotatable bonds is 3. The molecule has 1 aromatic heterocycles. The Hall–Kier alpha value is -2.28. The van der Waals surface area contributed by atoms with Gasteiger partial charge in [0.05, 0.1) is 17.1 Å². The van der Waals surface area contributed by atoms with Gasteiger partial charge in [-0.1, -0.05) is 12.1 Å². The molecule has 1 N–H and O–H groups in total. The van der Waals surface area contributed by atoms with Crippen LogP contribution in [0, 0.1) is 11.7 Å². The van der Waals surface area contributed by atoms with E-state index in [-0.39, 0.29) is 29.4 Å². The molecule has 4 rings (SSSR count). The molecule has 1 saturated heterocycles. The van der Waals surface area contributed by atoms with Crippen molar-refractivity contribution in [2.75, 3.05) is 13.1 Å². The van der Waals surface area contributed by atoms with E-state index in [4.69, 9.17) is 4.42 Å². The number of benzene rings is 1. The highest BCUT2D eigenvalue weighted by Gasteiger charge is 2.48. The molecule has 6 nitrogen and oxygen atoms in total. The van der Waals surface area contributed by atoms with Gasteiger partial charge in [0.1, 0.15) is 5.82 Å². The Kier molecular flexibility index (Phi) is 3.83. The van der Waals surface area contributed by atoms with E-state index in [1.807, 2.05) is 6.92 Å². The van der Waals surface area contributed by atoms with Gasteiger partial charge < -0.3 is 14.4 Å². The van der Waals surface area contributed by atoms with Crippen LogP contribution in [0.4, 0.5) is 4.39 Å². The minimum atomic E-state index is -0.413. The summed E-state index contributed by atoms with van der Waals surface area (Å²) in [6, 6.07) is 6.26. The molecule has 0 unspecified atom stereocenters. The third kappa shape index (κ3) is 2.82. The summed E-state index contributed by atoms with van der Waals surface area (Å²) in [6.45, 7) is 2.95. The molecule has 132 valence electrons. The molecule has 2 atom stereocenters. The Morgan fingerprint density at radius 1 is 1.32 bits per heavy atom. The van der Waals surface area contributed by atoms with Crippen molar-refractivity contribution in [3.63, 3.8) is 0 Å². The van der Waals surface area contributed by atoms with E-state index in [0.717, 1.165) is 6.42 Å². The number of carbonyl (C=O) groups is 1. The highest BCUT2D eigenvalue weighted by Crippen LogP contribution is 2.37. The third-order valence-electron chi connectivity index (χ3n) is 5.19. The summed E-state index contributed by atoms with van der Waals surface area (Å²) in [6.07, 6.45) is 1.62. The summed E-state index contributed by atoms with van der Waals surface area (Å²) < 4.78 is 19.5. The molecule has 2 aromatic rings. The molecule has 1 aliphatic carbocycles. The fourth-order valence-corrected chi connectivity index (χ4v) is 3.74. The first kappa shape index (κ1) is 16.2. The van der Waals surface area contributed by atoms with Gasteiger partial charge in [-0.2, -0.15) is 0 Å². The van der Waals surface area contributed by atoms with Crippen LogP contribution in [0.5, 0.6) is 0 Å². The molecule has 2 aliphatic rings. The number of carbonyl (C=O) groups excluding carboxylic acids is 1. The SMILES string of the molecule is CC1(c2nnc(-c3ccccc3F)o2)CN(C(=O)[C@@H]2CC[C@@H](O)C2)C1. The first-order valence-corrected chi connectivity index (χ1v) is 8.52. The van der Waals surface area contributed by atoms with Crippen LogP contribution < -0.4 is 0 Å². The van der Waals surface area contributed by atoms with Crippen molar-refractivity contribution in [3.05, 3.63) is 36.0 Å². The molecule has 1 saturated carbocycles. The van der Waals surface area contributed by atoms with Crippen molar-refractivity contribution in [2.24, 2.45) is 5.92 Å². The number of amides is 1. The zero-order valence-electron chi connectivity index (χ0n) is 14.0. The van der Waals surface area contributed by atoms with Crippen molar-refractivity contribution in [3.8, 4) is 11.5 Å². The lowest BCUT2D eigenvalue weighted by Gasteiger charge is -2.46. The van der Waals surface area contributed by atoms with Gasteiger partial charge >= 0.3 is 0 Å². The monoisotopic (exact) mass is 345 g/mol. The molecule has 7 heteroatoms. The Morgan fingerprint density at radius 3 is 2.76 bits per heavy atom. The summed E-state index contributed by atoms with van der Waals surface area (Å²) in [5.74, 6) is 0.159. The second kappa shape index (κ2) is 5.91. The van der Waals surface area contributed by atoms with E-state index in [1.165, 1.54) is 6.07 Å². The Balaban J connectivity index is 1.45. The topological polar surface area (TPSA) is 79.5 Å². The molecule has 2 heterocycles. The minimum absolute atomic E-state index is 0.0860. The van der Waals surface area contributed by atoms with Gasteiger partial charge in [-0.25, -0.2) is 4.39 Å². The fourth-order valence-electron chi connectivity index (χ4n) is 3.74. The maximum Gasteiger partial charge on any atom is 0.250 e. The second-order valence-electron chi connectivity index (χ2n) is 7.31. The van der Waals surface area contributed by atoms with Gasteiger partial charge in [0.2, 0.25) is 11.8 Å². The van der Waals surface area contributed by atoms with Crippen LogP contribution in [0.1, 0.15) is 32.1 Å². The number of aromatic nitrogens is 2. The van der Waals surface area contributed by atoms with Gasteiger partial charge in [-0.05, 0) is 38.3 Å². The molecular weight excluding hydrogens is 325 g/mol. The lowest BCUT2D eigenvalue weighted by atomic mass is 9.81. The maximum absolute atomic E-state index is 13.8. The summed E-state index contributed by atoms with van der Waals surface area (Å²) in [5, 5.41) is 17.6. The molecule has 1 aromatic carbocycles. The van der Waals surface area contributed by atoms with Crippen LogP contribution in [-0.4, -0.2) is 45.3 Å². The van der Waals surface area contributed by atoms with Crippen molar-refractivity contribution >= 4 is 5.91 Å². The summed E-state index contributed by atoms with van der Waals surface area (Å²) >= 11 is 0. The second-order valence-corrected chi connectivity index (χ2v) is 7.31. The van der Waals surface area contributed by atoms with E-state index in [2.05, 4.69) is 10.2 Å². The van der Waals surface area contributed by atoms with Gasteiger partial charge in [-0.15, -0.1) is 10.2 Å². The maximum atomic E-state index is 13.8. The van der Waals surface area contributed by atoms with E-state index >= 15 is 0 Å². The van der Waals surface area contributed by atoms with Crippen molar-refractivity contribution < 1.29 is 18.7 Å². The van der Waals surface area contributed by atoms with Gasteiger partial charge in [0, 0.05) is 19.0 Å². The standard InChI is InChI=1S/C18H20FN3O3/c1-18(9-22(10-18)16(24)11-6-7-12(23)8-11)17-21-20-15(25-17)13-4-2-3-5-14(13)19/h2-5,11-12,23H,6-10H2,1H3/t11-,12-/m1/s1. The van der Waals surface area contributed by atoms with Crippen LogP contribution in [-0.2, 0) is 10.2 Å². The minimum Gasteiger partial charge on any atom is -0.420 e. The zero-order chi connectivity index (χ0) is 17.6. The lowest BCUT2D eigenvalue weighted by Crippen LogP contribution is -2.60. The number of aliphatic hydroxyl groups excluding tert-OH is 1. The summed E-state index contributed by atoms with van der Waals surface area (Å²) in [7, 11) is 0. The molecule has 1 aliphatic heterocycles. The van der Waals surface area contributed by atoms with Gasteiger partial charge in [0.25, 0.3) is 5.89 Å². The molecule has 1 amide bonds. The molecule has 2 fully saturated rings. The number of halogens is 1. The number of nitrogens with zero attached hydrogens (tertiary/aromatic N) is 3. The van der Waals surface area contributed by atoms with E-state index in [0.29, 0.717) is 31.8 Å². The van der Waals surface area contributed by atoms with Gasteiger partial charge in [0.15, 0.2) is 0 Å². The third-order valence-corrected chi connectivity index (χ3v) is 5.19. The normalized spacial score (nSPS) is 25.0. The summed E-state index contributed by atoms with van der Waals surface area (Å²) in [5.41, 5.74) is -0.138. The van der Waals surface area contributed by atoms with Crippen LogP contribution in [0.3, 0.4) is 0 Å². The molecular formula is C18H20FN3O3. The average molecular weight is 345 g/mol. The van der Waals surface area contributed by atoms with Crippen molar-refractivity contribution in [1.29, 1.82) is 0 Å². The Labute approximate surface area is 144 Å². The highest BCUT2D eigenvalue weighted by molar-refractivity contribution is 5.80. The van der Waals surface area contributed by atoms with E-state index in [1.54, 1.807) is 23.1 Å². The first-order chi connectivity index (χ1) is 12.0. The first-order valence-electron chi connectivity index (χ1n) is 8.52. The number of likely N-dealkylation sites (tertiary alicyclic amines) is 1. The number of hydrogen-bond donors (Lipinski definition) is 1. The van der Waals surface area contributed by atoms with E-state index in [9.17, 15) is 14.3 Å². The van der Waals surface area contributed by atoms with Crippen molar-refractivity contribution in [2.45, 2.75) is 37.7 Å². The predicted octanol–water partition coefficient (Wildman–Crippen LogP) is 2.14. The Morgan fingerprint density at radius 2 is 2.08 bits per heavy atom. The van der Waals surface area contributed by atoms with Crippen LogP contribution in [0.25, 0.3) is 11.5 Å². The quantitative estimate of drug-likeness (QED) is 0.922. The predicted molar refractivity (Wildman–Crippen MR) is 87.0 cm³/mol. The number of aliphatic hydroxyl groups is 1. The summed E-state index contributed by atoms with van der Waals surface area (Å²) in [4.78, 5) is 14.2. The molecule has 0 radical (unpaired) electrons. The highest BCUT2D eigenvalue weighted by atomic mass is 19.1. The molecule has 0 bridgehead atoms. The molecule has 25 heavy (non-hydrogen) atoms. The Bertz CT molecular complexity index is 800. The van der Waals surface area contributed by atoms with E-state index < -0.39 is 11.2 Å². The number of hydrogen-bond acceptors (Lipinski definition) is 5. The van der Waals surface area contributed by atoms with Crippen LogP contribution in [0.2, 0.25) is 0 Å². The fraction of sp³-hybridized carbons (Fsp3) is 0.500. The van der Waals surface area contributed by atoms with Crippen LogP contribution >= 0.6 is 0 Å². The van der Waals surface area contributed by atoms with Crippen LogP contribution in [0.15, 0.2) is 28.7 Å². The van der Waals surface area contributed by atoms with Gasteiger partial charge in [-0.3, -0.25) is 4.79 Å². The lowest BCUT2D eigenvalue weighted by molar-refractivity contribution is -0.143.